The minimum absolute atomic E-state index is 0.0161. The number of hydrogen-bond acceptors (Lipinski definition) is 3. The van der Waals surface area contributed by atoms with Gasteiger partial charge >= 0.3 is 0 Å². The Balaban J connectivity index is 1.45. The van der Waals surface area contributed by atoms with Gasteiger partial charge in [0.15, 0.2) is 0 Å². The monoisotopic (exact) mass is 384 g/mol. The molecular weight excluding hydrogens is 368 g/mol. The lowest BCUT2D eigenvalue weighted by atomic mass is 10.2. The molecule has 6 heteroatoms. The van der Waals surface area contributed by atoms with Gasteiger partial charge in [0.05, 0.1) is 6.54 Å². The first-order chi connectivity index (χ1) is 12.6. The number of piperazine rings is 1. The summed E-state index contributed by atoms with van der Waals surface area (Å²) in [6, 6.07) is 17.6. The van der Waals surface area contributed by atoms with Gasteiger partial charge in [0.1, 0.15) is 13.1 Å². The molecule has 0 N–H and O–H groups in total. The van der Waals surface area contributed by atoms with Crippen LogP contribution in [0.2, 0.25) is 5.02 Å². The number of rotatable bonds is 4. The predicted octanol–water partition coefficient (Wildman–Crippen LogP) is 3.93. The van der Waals surface area contributed by atoms with E-state index < -0.39 is 0 Å². The Kier molecular flexibility index (Phi) is 4.66. The highest BCUT2D eigenvalue weighted by Gasteiger charge is 2.30. The van der Waals surface area contributed by atoms with Crippen molar-refractivity contribution in [2.75, 3.05) is 13.1 Å². The van der Waals surface area contributed by atoms with Gasteiger partial charge < -0.3 is 9.80 Å². The molecule has 2 aromatic carbocycles. The van der Waals surface area contributed by atoms with Crippen LogP contribution in [-0.4, -0.2) is 34.7 Å². The summed E-state index contributed by atoms with van der Waals surface area (Å²) in [6.45, 7) is 1.19. The minimum atomic E-state index is -0.0176. The van der Waals surface area contributed by atoms with Crippen molar-refractivity contribution in [2.45, 2.75) is 13.1 Å². The molecular formula is C20H17ClN2O2S. The molecule has 0 aliphatic carbocycles. The Morgan fingerprint density at radius 2 is 1.58 bits per heavy atom. The number of hydrogen-bond donors (Lipinski definition) is 0. The maximum absolute atomic E-state index is 12.5. The second-order valence-electron chi connectivity index (χ2n) is 6.38. The molecule has 1 aromatic heterocycles. The Labute approximate surface area is 160 Å². The quantitative estimate of drug-likeness (QED) is 0.684. The molecule has 0 radical (unpaired) electrons. The highest BCUT2D eigenvalue weighted by molar-refractivity contribution is 7.19. The van der Waals surface area contributed by atoms with Gasteiger partial charge in [-0.05, 0) is 29.1 Å². The predicted molar refractivity (Wildman–Crippen MR) is 104 cm³/mol. The van der Waals surface area contributed by atoms with Gasteiger partial charge in [0, 0.05) is 21.1 Å². The molecule has 2 heterocycles. The number of thiophene rings is 1. The molecule has 1 fully saturated rings. The van der Waals surface area contributed by atoms with Crippen LogP contribution >= 0.6 is 22.9 Å². The van der Waals surface area contributed by atoms with E-state index in [0.717, 1.165) is 20.5 Å². The minimum Gasteiger partial charge on any atom is -0.328 e. The molecule has 3 aromatic rings. The van der Waals surface area contributed by atoms with Gasteiger partial charge in [0.2, 0.25) is 11.8 Å². The van der Waals surface area contributed by atoms with Crippen LogP contribution in [0.15, 0.2) is 54.6 Å². The van der Waals surface area contributed by atoms with Gasteiger partial charge in [0.25, 0.3) is 0 Å². The van der Waals surface area contributed by atoms with Crippen molar-refractivity contribution in [3.8, 4) is 0 Å². The first kappa shape index (κ1) is 17.1. The van der Waals surface area contributed by atoms with Crippen molar-refractivity contribution >= 4 is 44.8 Å². The van der Waals surface area contributed by atoms with Gasteiger partial charge in [-0.1, -0.05) is 48.0 Å². The van der Waals surface area contributed by atoms with E-state index >= 15 is 0 Å². The number of fused-ring (bicyclic) bond motifs is 1. The number of carbonyl (C=O) groups excluding carboxylic acids is 2. The van der Waals surface area contributed by atoms with E-state index in [-0.39, 0.29) is 24.9 Å². The van der Waals surface area contributed by atoms with E-state index in [1.165, 1.54) is 0 Å². The second kappa shape index (κ2) is 7.09. The summed E-state index contributed by atoms with van der Waals surface area (Å²) >= 11 is 7.65. The molecule has 2 amide bonds. The molecule has 0 bridgehead atoms. The number of amides is 2. The Morgan fingerprint density at radius 3 is 2.31 bits per heavy atom. The zero-order chi connectivity index (χ0) is 18.1. The van der Waals surface area contributed by atoms with Crippen LogP contribution in [0.1, 0.15) is 10.4 Å². The zero-order valence-electron chi connectivity index (χ0n) is 14.0. The van der Waals surface area contributed by atoms with Crippen molar-refractivity contribution in [3.05, 3.63) is 70.1 Å². The molecule has 1 aliphatic rings. The fourth-order valence-electron chi connectivity index (χ4n) is 3.12. The summed E-state index contributed by atoms with van der Waals surface area (Å²) in [5.74, 6) is -0.0337. The molecule has 1 saturated heterocycles. The lowest BCUT2D eigenvalue weighted by Crippen LogP contribution is -2.52. The second-order valence-corrected chi connectivity index (χ2v) is 7.98. The Morgan fingerprint density at radius 1 is 0.885 bits per heavy atom. The molecule has 26 heavy (non-hydrogen) atoms. The first-order valence-corrected chi connectivity index (χ1v) is 9.55. The Hall–Kier alpha value is -2.37. The molecule has 0 saturated carbocycles. The van der Waals surface area contributed by atoms with Crippen LogP contribution in [0.5, 0.6) is 0 Å². The van der Waals surface area contributed by atoms with Crippen molar-refractivity contribution in [1.29, 1.82) is 0 Å². The summed E-state index contributed by atoms with van der Waals surface area (Å²) in [5, 5.41) is 1.81. The summed E-state index contributed by atoms with van der Waals surface area (Å²) in [4.78, 5) is 29.3. The van der Waals surface area contributed by atoms with Crippen LogP contribution in [0.4, 0.5) is 0 Å². The van der Waals surface area contributed by atoms with E-state index in [0.29, 0.717) is 18.1 Å². The fourth-order valence-corrected chi connectivity index (χ4v) is 4.48. The van der Waals surface area contributed by atoms with Crippen molar-refractivity contribution in [2.24, 2.45) is 0 Å². The number of benzene rings is 2. The topological polar surface area (TPSA) is 40.6 Å². The van der Waals surface area contributed by atoms with Gasteiger partial charge in [-0.15, -0.1) is 11.3 Å². The van der Waals surface area contributed by atoms with Crippen LogP contribution in [-0.2, 0) is 22.7 Å². The summed E-state index contributed by atoms with van der Waals surface area (Å²) in [6.07, 6.45) is 0. The van der Waals surface area contributed by atoms with E-state index in [1.54, 1.807) is 21.1 Å². The van der Waals surface area contributed by atoms with Gasteiger partial charge in [-0.3, -0.25) is 9.59 Å². The van der Waals surface area contributed by atoms with E-state index in [9.17, 15) is 9.59 Å². The van der Waals surface area contributed by atoms with Gasteiger partial charge in [-0.25, -0.2) is 0 Å². The van der Waals surface area contributed by atoms with E-state index in [4.69, 9.17) is 11.6 Å². The van der Waals surface area contributed by atoms with Crippen molar-refractivity contribution in [1.82, 2.24) is 9.80 Å². The third-order valence-electron chi connectivity index (χ3n) is 4.45. The van der Waals surface area contributed by atoms with E-state index in [1.807, 2.05) is 48.5 Å². The molecule has 132 valence electrons. The number of halogens is 1. The van der Waals surface area contributed by atoms with Crippen LogP contribution < -0.4 is 0 Å². The van der Waals surface area contributed by atoms with Gasteiger partial charge in [-0.2, -0.15) is 0 Å². The largest absolute Gasteiger partial charge is 0.328 e. The fraction of sp³-hybridized carbons (Fsp3) is 0.200. The van der Waals surface area contributed by atoms with Crippen molar-refractivity contribution in [3.63, 3.8) is 0 Å². The maximum Gasteiger partial charge on any atom is 0.243 e. The summed E-state index contributed by atoms with van der Waals surface area (Å²) < 4.78 is 1.09. The SMILES string of the molecule is O=C1CN(Cc2cc3ccc(Cl)cc3s2)C(=O)CN1Cc1ccccc1. The third kappa shape index (κ3) is 3.59. The lowest BCUT2D eigenvalue weighted by molar-refractivity contribution is -0.151. The average Bonchev–Trinajstić information content (AvgIpc) is 3.01. The summed E-state index contributed by atoms with van der Waals surface area (Å²) in [7, 11) is 0. The molecule has 0 unspecified atom stereocenters. The third-order valence-corrected chi connectivity index (χ3v) is 5.77. The van der Waals surface area contributed by atoms with E-state index in [2.05, 4.69) is 6.07 Å². The van der Waals surface area contributed by atoms with Crippen LogP contribution in [0.25, 0.3) is 10.1 Å². The Bertz CT molecular complexity index is 970. The molecule has 4 rings (SSSR count). The maximum atomic E-state index is 12.5. The average molecular weight is 385 g/mol. The van der Waals surface area contributed by atoms with Crippen LogP contribution in [0.3, 0.4) is 0 Å². The summed E-state index contributed by atoms with van der Waals surface area (Å²) in [5.41, 5.74) is 1.03. The standard InChI is InChI=1S/C20H17ClN2O2S/c21-16-7-6-15-8-17(26-18(15)9-16)11-23-13-19(24)22(12-20(23)25)10-14-4-2-1-3-5-14/h1-9H,10-13H2. The lowest BCUT2D eigenvalue weighted by Gasteiger charge is -2.33. The van der Waals surface area contributed by atoms with Crippen molar-refractivity contribution < 1.29 is 9.59 Å². The molecule has 1 aliphatic heterocycles. The number of nitrogens with zero attached hydrogens (tertiary/aromatic N) is 2. The normalized spacial score (nSPS) is 15.1. The molecule has 4 nitrogen and oxygen atoms in total. The highest BCUT2D eigenvalue weighted by atomic mass is 35.5. The molecule has 0 spiro atoms. The first-order valence-electron chi connectivity index (χ1n) is 8.36. The highest BCUT2D eigenvalue weighted by Crippen LogP contribution is 2.29. The smallest absolute Gasteiger partial charge is 0.243 e. The zero-order valence-corrected chi connectivity index (χ0v) is 15.6. The van der Waals surface area contributed by atoms with Crippen LogP contribution in [0, 0.1) is 0 Å². The molecule has 0 atom stereocenters. The number of carbonyl (C=O) groups is 2.